The molecule has 1 saturated heterocycles. The first-order chi connectivity index (χ1) is 36.1. The highest BCUT2D eigenvalue weighted by molar-refractivity contribution is 6.12. The molecule has 0 unspecified atom stereocenters. The van der Waals surface area contributed by atoms with Gasteiger partial charge in [-0.3, -0.25) is 19.3 Å². The highest BCUT2D eigenvalue weighted by atomic mass is 16.6. The van der Waals surface area contributed by atoms with E-state index in [0.29, 0.717) is 149 Å². The molecule has 0 aliphatic carbocycles. The van der Waals surface area contributed by atoms with Gasteiger partial charge in [0.25, 0.3) is 11.8 Å². The van der Waals surface area contributed by atoms with Gasteiger partial charge in [-0.1, -0.05) is 19.1 Å². The van der Waals surface area contributed by atoms with Gasteiger partial charge in [0.15, 0.2) is 5.82 Å². The molecular formula is C52H84N8O14. The topological polar surface area (TPSA) is 253 Å². The number of nitrogens with one attached hydrogen (secondary N) is 1. The number of anilines is 1. The minimum atomic E-state index is -0.750. The van der Waals surface area contributed by atoms with Gasteiger partial charge >= 0.3 is 0 Å². The van der Waals surface area contributed by atoms with Gasteiger partial charge in [0, 0.05) is 75.2 Å². The van der Waals surface area contributed by atoms with Gasteiger partial charge in [-0.05, 0) is 57.3 Å². The van der Waals surface area contributed by atoms with Crippen LogP contribution in [0.3, 0.4) is 0 Å². The van der Waals surface area contributed by atoms with Gasteiger partial charge in [0.1, 0.15) is 17.9 Å². The van der Waals surface area contributed by atoms with Gasteiger partial charge in [0.05, 0.1) is 137 Å². The fourth-order valence-corrected chi connectivity index (χ4v) is 8.30. The molecule has 22 heteroatoms. The second-order valence-corrected chi connectivity index (χ2v) is 18.6. The van der Waals surface area contributed by atoms with Gasteiger partial charge in [-0.25, -0.2) is 9.97 Å². The molecule has 0 spiro atoms. The second-order valence-electron chi connectivity index (χ2n) is 18.6. The van der Waals surface area contributed by atoms with Gasteiger partial charge in [0.2, 0.25) is 5.91 Å². The number of ether oxygens (including phenoxy) is 9. The zero-order chi connectivity index (χ0) is 52.6. The van der Waals surface area contributed by atoms with E-state index in [-0.39, 0.29) is 44.1 Å². The summed E-state index contributed by atoms with van der Waals surface area (Å²) in [5.74, 6) is 0.413. The minimum absolute atomic E-state index is 0.000278. The second kappa shape index (κ2) is 35.1. The lowest BCUT2D eigenvalue weighted by Crippen LogP contribution is -2.46. The number of aliphatic hydroxyl groups excluding tert-OH is 2. The number of aromatic nitrogens is 3. The number of nitrogens with two attached hydrogens (primary N) is 1. The van der Waals surface area contributed by atoms with Crippen LogP contribution < -0.4 is 11.1 Å². The zero-order valence-electron chi connectivity index (χ0n) is 44.0. The largest absolute Gasteiger partial charge is 0.396 e. The van der Waals surface area contributed by atoms with Crippen molar-refractivity contribution in [2.45, 2.75) is 59.1 Å². The number of piperazine rings is 1. The summed E-state index contributed by atoms with van der Waals surface area (Å²) in [5.41, 5.74) is 9.18. The number of hydrogen-bond donors (Lipinski definition) is 4. The number of carbonyl (C=O) groups is 3. The Morgan fingerprint density at radius 1 is 0.676 bits per heavy atom. The van der Waals surface area contributed by atoms with Crippen LogP contribution >= 0.6 is 0 Å². The van der Waals surface area contributed by atoms with Crippen LogP contribution in [0.15, 0.2) is 30.4 Å². The van der Waals surface area contributed by atoms with Gasteiger partial charge in [-0.15, -0.1) is 0 Å². The Balaban J connectivity index is 0.765. The highest BCUT2D eigenvalue weighted by Gasteiger charge is 2.28. The molecule has 1 fully saturated rings. The fraction of sp³-hybridized carbons (Fsp3) is 0.712. The zero-order valence-corrected chi connectivity index (χ0v) is 44.0. The number of benzene rings is 1. The molecule has 2 aromatic heterocycles. The van der Waals surface area contributed by atoms with Gasteiger partial charge in [-0.2, -0.15) is 0 Å². The van der Waals surface area contributed by atoms with Crippen molar-refractivity contribution in [1.82, 2.24) is 34.6 Å². The van der Waals surface area contributed by atoms with E-state index in [1.54, 1.807) is 0 Å². The number of nitrogen functional groups attached to an aromatic ring is 1. The lowest BCUT2D eigenvalue weighted by atomic mass is 9.92. The number of nitrogens with zero attached hydrogens (tertiary/aromatic N) is 6. The van der Waals surface area contributed by atoms with Crippen molar-refractivity contribution in [2.75, 3.05) is 184 Å². The molecule has 5 rings (SSSR count). The average molecular weight is 1050 g/mol. The van der Waals surface area contributed by atoms with E-state index >= 15 is 0 Å². The number of hydrogen-bond acceptors (Lipinski definition) is 19. The third kappa shape index (κ3) is 21.8. The molecule has 3 amide bonds. The SMILES string of the molecule is CCOCc1nc2c(N)nc3cc(CCCN4CCN(CCCCNC(=O)CCOCCOCCOCCOCCOCCOCCOCCOCCN5C(=O)C=CC5=O)CC4)ccc3c2n1CC(C)(CO)CO. The Labute approximate surface area is 436 Å². The first-order valence-electron chi connectivity index (χ1n) is 26.4. The number of amides is 3. The Morgan fingerprint density at radius 3 is 1.72 bits per heavy atom. The molecule has 416 valence electrons. The van der Waals surface area contributed by atoms with Crippen LogP contribution in [0.25, 0.3) is 21.9 Å². The molecule has 0 radical (unpaired) electrons. The van der Waals surface area contributed by atoms with Crippen LogP contribution in [0.1, 0.15) is 50.9 Å². The molecule has 2 aliphatic heterocycles. The lowest BCUT2D eigenvalue weighted by Gasteiger charge is -2.34. The van der Waals surface area contributed by atoms with E-state index in [2.05, 4.69) is 33.3 Å². The van der Waals surface area contributed by atoms with Crippen molar-refractivity contribution >= 4 is 45.5 Å². The third-order valence-electron chi connectivity index (χ3n) is 12.7. The summed E-state index contributed by atoms with van der Waals surface area (Å²) in [5, 5.41) is 24.1. The Kier molecular flexibility index (Phi) is 28.8. The first-order valence-corrected chi connectivity index (χ1v) is 26.4. The Morgan fingerprint density at radius 2 is 1.19 bits per heavy atom. The highest BCUT2D eigenvalue weighted by Crippen LogP contribution is 2.32. The minimum Gasteiger partial charge on any atom is -0.396 e. The number of pyridine rings is 1. The van der Waals surface area contributed by atoms with E-state index in [9.17, 15) is 24.6 Å². The molecule has 5 N–H and O–H groups in total. The van der Waals surface area contributed by atoms with Crippen molar-refractivity contribution < 1.29 is 67.2 Å². The summed E-state index contributed by atoms with van der Waals surface area (Å²) in [4.78, 5) is 50.9. The van der Waals surface area contributed by atoms with E-state index in [1.807, 2.05) is 18.4 Å². The molecule has 2 aliphatic rings. The van der Waals surface area contributed by atoms with Crippen molar-refractivity contribution in [3.63, 3.8) is 0 Å². The van der Waals surface area contributed by atoms with Crippen LogP contribution in [0, 0.1) is 5.41 Å². The quantitative estimate of drug-likeness (QED) is 0.0464. The molecule has 0 bridgehead atoms. The maximum absolute atomic E-state index is 12.3. The number of aliphatic hydroxyl groups is 2. The number of fused-ring (bicyclic) bond motifs is 3. The molecule has 3 aromatic rings. The van der Waals surface area contributed by atoms with Crippen LogP contribution in [0.5, 0.6) is 0 Å². The Hall–Kier alpha value is -4.27. The molecule has 74 heavy (non-hydrogen) atoms. The number of imide groups is 1. The third-order valence-corrected chi connectivity index (χ3v) is 12.7. The van der Waals surface area contributed by atoms with E-state index < -0.39 is 5.41 Å². The molecule has 4 heterocycles. The van der Waals surface area contributed by atoms with Gasteiger partial charge < -0.3 is 78.3 Å². The Bertz CT molecular complexity index is 2100. The summed E-state index contributed by atoms with van der Waals surface area (Å²) in [7, 11) is 0. The monoisotopic (exact) mass is 1040 g/mol. The molecule has 1 aromatic carbocycles. The molecule has 0 atom stereocenters. The van der Waals surface area contributed by atoms with Crippen LogP contribution in [-0.2, 0) is 76.6 Å². The van der Waals surface area contributed by atoms with Crippen molar-refractivity contribution in [3.05, 3.63) is 41.7 Å². The summed E-state index contributed by atoms with van der Waals surface area (Å²) in [6, 6.07) is 6.36. The lowest BCUT2D eigenvalue weighted by molar-refractivity contribution is -0.137. The number of aryl methyl sites for hydroxylation is 1. The normalized spacial score (nSPS) is 14.7. The summed E-state index contributed by atoms with van der Waals surface area (Å²) < 4.78 is 51.7. The average Bonchev–Trinajstić information content (AvgIpc) is 3.93. The smallest absolute Gasteiger partial charge is 0.253 e. The molecule has 22 nitrogen and oxygen atoms in total. The fourth-order valence-electron chi connectivity index (χ4n) is 8.30. The van der Waals surface area contributed by atoms with Crippen molar-refractivity contribution in [2.24, 2.45) is 5.41 Å². The van der Waals surface area contributed by atoms with Crippen molar-refractivity contribution in [3.8, 4) is 0 Å². The standard InChI is InChI=1S/C52H84N8O14/c1-3-66-38-45-56-49-50(60(45)39-52(2,40-61)41-62)43-9-8-42(37-44(43)55-51(49)53)7-6-15-58-18-16-57(17-19-58)14-5-4-13-54-46(63)12-21-67-23-25-69-27-29-71-31-33-73-35-36-74-34-32-72-30-28-70-26-24-68-22-20-59-47(64)10-11-48(59)65/h8-11,37,61-62H,3-7,12-36,38-41H2,1-2H3,(H2,53,55)(H,54,63). The summed E-state index contributed by atoms with van der Waals surface area (Å²) in [6.45, 7) is 18.5. The number of carbonyl (C=O) groups excluding carboxylic acids is 3. The number of rotatable bonds is 43. The first kappa shape index (κ1) is 60.6. The van der Waals surface area contributed by atoms with E-state index in [0.717, 1.165) is 86.3 Å². The molecule has 0 saturated carbocycles. The maximum atomic E-state index is 12.3. The van der Waals surface area contributed by atoms with Crippen LogP contribution in [0.4, 0.5) is 5.82 Å². The predicted octanol–water partition coefficient (Wildman–Crippen LogP) is 1.59. The van der Waals surface area contributed by atoms with Crippen molar-refractivity contribution in [1.29, 1.82) is 0 Å². The predicted molar refractivity (Wildman–Crippen MR) is 278 cm³/mol. The van der Waals surface area contributed by atoms with E-state index in [1.165, 1.54) is 17.7 Å². The number of unbranched alkanes of at least 4 members (excludes halogenated alkanes) is 1. The maximum Gasteiger partial charge on any atom is 0.253 e. The number of imidazole rings is 1. The van der Waals surface area contributed by atoms with E-state index in [4.69, 9.17) is 58.3 Å². The van der Waals surface area contributed by atoms with Crippen LogP contribution in [-0.4, -0.2) is 235 Å². The summed E-state index contributed by atoms with van der Waals surface area (Å²) >= 11 is 0. The summed E-state index contributed by atoms with van der Waals surface area (Å²) in [6.07, 6.45) is 6.77. The molecular weight excluding hydrogens is 961 g/mol. The van der Waals surface area contributed by atoms with Crippen LogP contribution in [0.2, 0.25) is 0 Å².